The molecule has 1 saturated carbocycles. The van der Waals surface area contributed by atoms with E-state index in [1.165, 1.54) is 37.3 Å². The molecule has 88 valence electrons. The fraction of sp³-hybridized carbons (Fsp3) is 0.833. The Kier molecular flexibility index (Phi) is 2.46. The van der Waals surface area contributed by atoms with Crippen LogP contribution >= 0.6 is 0 Å². The minimum absolute atomic E-state index is 0.282. The standard InChI is InChI=1S/C12H20N4/c1-8(13)10-5-6-11-14-15-12(16(11)7-10)9-3-2-4-9/h8-10H,2-7,13H2,1H3. The molecule has 2 N–H and O–H groups in total. The molecule has 2 atom stereocenters. The highest BCUT2D eigenvalue weighted by molar-refractivity contribution is 5.08. The molecular weight excluding hydrogens is 200 g/mol. The maximum Gasteiger partial charge on any atom is 0.136 e. The number of aryl methyl sites for hydroxylation is 1. The summed E-state index contributed by atoms with van der Waals surface area (Å²) >= 11 is 0. The Morgan fingerprint density at radius 2 is 2.12 bits per heavy atom. The van der Waals surface area contributed by atoms with Crippen molar-refractivity contribution in [3.63, 3.8) is 0 Å². The second-order valence-electron chi connectivity index (χ2n) is 5.37. The lowest BCUT2D eigenvalue weighted by molar-refractivity contribution is 0.300. The van der Waals surface area contributed by atoms with Crippen LogP contribution in [0.2, 0.25) is 0 Å². The second-order valence-corrected chi connectivity index (χ2v) is 5.37. The largest absolute Gasteiger partial charge is 0.328 e. The number of nitrogens with zero attached hydrogens (tertiary/aromatic N) is 3. The van der Waals surface area contributed by atoms with E-state index in [4.69, 9.17) is 5.73 Å². The Bertz CT molecular complexity index is 378. The molecule has 1 aromatic rings. The molecule has 1 fully saturated rings. The minimum atomic E-state index is 0.282. The first kappa shape index (κ1) is 10.3. The normalized spacial score (nSPS) is 27.2. The molecule has 4 nitrogen and oxygen atoms in total. The second kappa shape index (κ2) is 3.84. The fourth-order valence-electron chi connectivity index (χ4n) is 2.77. The van der Waals surface area contributed by atoms with E-state index in [0.29, 0.717) is 11.8 Å². The van der Waals surface area contributed by atoms with Gasteiger partial charge in [-0.05, 0) is 32.1 Å². The van der Waals surface area contributed by atoms with Gasteiger partial charge in [-0.3, -0.25) is 0 Å². The summed E-state index contributed by atoms with van der Waals surface area (Å²) in [6.45, 7) is 3.15. The molecule has 2 unspecified atom stereocenters. The monoisotopic (exact) mass is 220 g/mol. The molecule has 0 amide bonds. The summed E-state index contributed by atoms with van der Waals surface area (Å²) in [4.78, 5) is 0. The van der Waals surface area contributed by atoms with E-state index in [-0.39, 0.29) is 6.04 Å². The van der Waals surface area contributed by atoms with E-state index < -0.39 is 0 Å². The van der Waals surface area contributed by atoms with Crippen molar-refractivity contribution in [1.29, 1.82) is 0 Å². The van der Waals surface area contributed by atoms with Crippen LogP contribution in [0.25, 0.3) is 0 Å². The van der Waals surface area contributed by atoms with Crippen LogP contribution in [0, 0.1) is 5.92 Å². The predicted octanol–water partition coefficient (Wildman–Crippen LogP) is 1.46. The van der Waals surface area contributed by atoms with Gasteiger partial charge in [-0.15, -0.1) is 10.2 Å². The summed E-state index contributed by atoms with van der Waals surface area (Å²) in [7, 11) is 0. The van der Waals surface area contributed by atoms with Gasteiger partial charge in [0.1, 0.15) is 11.6 Å². The van der Waals surface area contributed by atoms with Gasteiger partial charge >= 0.3 is 0 Å². The molecule has 3 rings (SSSR count). The molecule has 4 heteroatoms. The molecule has 0 radical (unpaired) electrons. The molecule has 16 heavy (non-hydrogen) atoms. The molecule has 1 aliphatic heterocycles. The van der Waals surface area contributed by atoms with Crippen molar-refractivity contribution in [3.05, 3.63) is 11.6 Å². The fourth-order valence-corrected chi connectivity index (χ4v) is 2.77. The van der Waals surface area contributed by atoms with Gasteiger partial charge in [0.2, 0.25) is 0 Å². The lowest BCUT2D eigenvalue weighted by Gasteiger charge is -2.30. The summed E-state index contributed by atoms with van der Waals surface area (Å²) in [5.41, 5.74) is 6.01. The van der Waals surface area contributed by atoms with E-state index in [0.717, 1.165) is 13.0 Å². The average molecular weight is 220 g/mol. The first-order valence-electron chi connectivity index (χ1n) is 6.43. The number of rotatable bonds is 2. The molecular formula is C12H20N4. The SMILES string of the molecule is CC(N)C1CCc2nnc(C3CCC3)n2C1. The third-order valence-corrected chi connectivity index (χ3v) is 4.23. The van der Waals surface area contributed by atoms with Gasteiger partial charge in [0.25, 0.3) is 0 Å². The smallest absolute Gasteiger partial charge is 0.136 e. The third-order valence-electron chi connectivity index (χ3n) is 4.23. The van der Waals surface area contributed by atoms with Crippen molar-refractivity contribution in [2.24, 2.45) is 11.7 Å². The zero-order valence-corrected chi connectivity index (χ0v) is 9.89. The Morgan fingerprint density at radius 3 is 2.75 bits per heavy atom. The molecule has 0 aromatic carbocycles. The molecule has 0 saturated heterocycles. The first-order valence-corrected chi connectivity index (χ1v) is 6.43. The Hall–Kier alpha value is -0.900. The number of aromatic nitrogens is 3. The van der Waals surface area contributed by atoms with Crippen LogP contribution in [-0.2, 0) is 13.0 Å². The minimum Gasteiger partial charge on any atom is -0.328 e. The van der Waals surface area contributed by atoms with Gasteiger partial charge in [0.05, 0.1) is 0 Å². The van der Waals surface area contributed by atoms with Crippen molar-refractivity contribution in [1.82, 2.24) is 14.8 Å². The van der Waals surface area contributed by atoms with Gasteiger partial charge in [-0.2, -0.15) is 0 Å². The van der Waals surface area contributed by atoms with Gasteiger partial charge in [0.15, 0.2) is 0 Å². The van der Waals surface area contributed by atoms with Gasteiger partial charge in [-0.25, -0.2) is 0 Å². The summed E-state index contributed by atoms with van der Waals surface area (Å²) < 4.78 is 2.35. The molecule has 1 aromatic heterocycles. The van der Waals surface area contributed by atoms with Crippen LogP contribution in [0.15, 0.2) is 0 Å². The van der Waals surface area contributed by atoms with Crippen LogP contribution in [-0.4, -0.2) is 20.8 Å². The van der Waals surface area contributed by atoms with Crippen LogP contribution in [0.1, 0.15) is 50.2 Å². The average Bonchev–Trinajstić information content (AvgIpc) is 2.59. The first-order chi connectivity index (χ1) is 7.75. The summed E-state index contributed by atoms with van der Waals surface area (Å²) in [6.07, 6.45) is 6.15. The van der Waals surface area contributed by atoms with E-state index in [2.05, 4.69) is 21.7 Å². The number of hydrogen-bond donors (Lipinski definition) is 1. The van der Waals surface area contributed by atoms with Crippen molar-refractivity contribution in [3.8, 4) is 0 Å². The highest BCUT2D eigenvalue weighted by Crippen LogP contribution is 2.37. The Labute approximate surface area is 96.2 Å². The van der Waals surface area contributed by atoms with Crippen molar-refractivity contribution >= 4 is 0 Å². The predicted molar refractivity (Wildman–Crippen MR) is 62.1 cm³/mol. The third kappa shape index (κ3) is 1.56. The summed E-state index contributed by atoms with van der Waals surface area (Å²) in [5.74, 6) is 3.68. The topological polar surface area (TPSA) is 56.7 Å². The van der Waals surface area contributed by atoms with Crippen molar-refractivity contribution in [2.45, 2.75) is 57.5 Å². The number of nitrogens with two attached hydrogens (primary N) is 1. The molecule has 2 heterocycles. The van der Waals surface area contributed by atoms with Crippen molar-refractivity contribution in [2.75, 3.05) is 0 Å². The van der Waals surface area contributed by atoms with E-state index in [1.54, 1.807) is 0 Å². The molecule has 0 spiro atoms. The Balaban J connectivity index is 1.86. The van der Waals surface area contributed by atoms with Crippen molar-refractivity contribution < 1.29 is 0 Å². The quantitative estimate of drug-likeness (QED) is 0.820. The highest BCUT2D eigenvalue weighted by Gasteiger charge is 2.30. The zero-order valence-electron chi connectivity index (χ0n) is 9.89. The highest BCUT2D eigenvalue weighted by atomic mass is 15.3. The van der Waals surface area contributed by atoms with E-state index in [9.17, 15) is 0 Å². The number of hydrogen-bond acceptors (Lipinski definition) is 3. The van der Waals surface area contributed by atoms with Gasteiger partial charge < -0.3 is 10.3 Å². The Morgan fingerprint density at radius 1 is 1.31 bits per heavy atom. The maximum atomic E-state index is 6.01. The maximum absolute atomic E-state index is 6.01. The van der Waals surface area contributed by atoms with Crippen LogP contribution < -0.4 is 5.73 Å². The molecule has 0 bridgehead atoms. The molecule has 1 aliphatic carbocycles. The van der Waals surface area contributed by atoms with Crippen LogP contribution in [0.3, 0.4) is 0 Å². The zero-order chi connectivity index (χ0) is 11.1. The molecule has 2 aliphatic rings. The lowest BCUT2D eigenvalue weighted by Crippen LogP contribution is -2.35. The van der Waals surface area contributed by atoms with E-state index >= 15 is 0 Å². The van der Waals surface area contributed by atoms with Gasteiger partial charge in [0, 0.05) is 24.9 Å². The van der Waals surface area contributed by atoms with Gasteiger partial charge in [-0.1, -0.05) is 6.42 Å². The number of fused-ring (bicyclic) bond motifs is 1. The van der Waals surface area contributed by atoms with Crippen LogP contribution in [0.5, 0.6) is 0 Å². The summed E-state index contributed by atoms with van der Waals surface area (Å²) in [5, 5.41) is 8.71. The summed E-state index contributed by atoms with van der Waals surface area (Å²) in [6, 6.07) is 0.282. The van der Waals surface area contributed by atoms with E-state index in [1.807, 2.05) is 0 Å². The lowest BCUT2D eigenvalue weighted by atomic mass is 9.84. The van der Waals surface area contributed by atoms with Crippen LogP contribution in [0.4, 0.5) is 0 Å².